The molecule has 0 aliphatic heterocycles. The molecule has 4 nitrogen and oxygen atoms in total. The van der Waals surface area contributed by atoms with Gasteiger partial charge in [-0.25, -0.2) is 0 Å². The van der Waals surface area contributed by atoms with Gasteiger partial charge in [-0.15, -0.1) is 0 Å². The van der Waals surface area contributed by atoms with Crippen LogP contribution < -0.4 is 0 Å². The summed E-state index contributed by atoms with van der Waals surface area (Å²) in [7, 11) is 0. The first-order chi connectivity index (χ1) is 9.44. The van der Waals surface area contributed by atoms with Crippen LogP contribution in [0.4, 0.5) is 0 Å². The molecule has 0 aliphatic rings. The Labute approximate surface area is 140 Å². The zero-order valence-corrected chi connectivity index (χ0v) is 16.1. The Morgan fingerprint density at radius 1 is 0.762 bits per heavy atom. The van der Waals surface area contributed by atoms with Crippen LogP contribution in [0.1, 0.15) is 79.1 Å². The van der Waals surface area contributed by atoms with E-state index in [2.05, 4.69) is 13.8 Å². The molecule has 0 heterocycles. The van der Waals surface area contributed by atoms with Gasteiger partial charge in [-0.2, -0.15) is 0 Å². The van der Waals surface area contributed by atoms with E-state index in [1.807, 2.05) is 13.8 Å². The maximum absolute atomic E-state index is 10.4. The predicted octanol–water partition coefficient (Wildman–Crippen LogP) is 3.66. The van der Waals surface area contributed by atoms with Gasteiger partial charge in [-0.05, 0) is 25.7 Å². The first-order valence-electron chi connectivity index (χ1n) is 7.89. The standard InChI is InChI=1S/2C8H16O2.H2Se/c2*1-3-5-6-7(4-2)8(9)10;/h2*7H,3-6H2,1-2H3,(H,9,10);1H2. The number of carboxylic acid groups (broad SMARTS) is 2. The Morgan fingerprint density at radius 3 is 1.19 bits per heavy atom. The molecule has 0 bridgehead atoms. The van der Waals surface area contributed by atoms with E-state index in [-0.39, 0.29) is 28.9 Å². The van der Waals surface area contributed by atoms with Crippen molar-refractivity contribution in [2.45, 2.75) is 79.1 Å². The summed E-state index contributed by atoms with van der Waals surface area (Å²) >= 11 is 0. The van der Waals surface area contributed by atoms with Crippen LogP contribution in [0, 0.1) is 11.8 Å². The Balaban J connectivity index is -0.000000295. The summed E-state index contributed by atoms with van der Waals surface area (Å²) in [4.78, 5) is 20.9. The topological polar surface area (TPSA) is 74.6 Å². The van der Waals surface area contributed by atoms with E-state index < -0.39 is 11.9 Å². The molecule has 5 heteroatoms. The molecule has 128 valence electrons. The average molecular weight is 369 g/mol. The third kappa shape index (κ3) is 15.7. The zero-order chi connectivity index (χ0) is 16.0. The van der Waals surface area contributed by atoms with E-state index >= 15 is 0 Å². The van der Waals surface area contributed by atoms with Gasteiger partial charge in [0.05, 0.1) is 11.8 Å². The van der Waals surface area contributed by atoms with E-state index in [0.717, 1.165) is 51.4 Å². The van der Waals surface area contributed by atoms with Crippen LogP contribution in [-0.4, -0.2) is 39.2 Å². The Morgan fingerprint density at radius 2 is 1.05 bits per heavy atom. The van der Waals surface area contributed by atoms with Crippen LogP contribution in [0.15, 0.2) is 0 Å². The first-order valence-corrected chi connectivity index (χ1v) is 7.89. The quantitative estimate of drug-likeness (QED) is 0.577. The Kier molecular flexibility index (Phi) is 21.2. The third-order valence-corrected chi connectivity index (χ3v) is 3.50. The Hall–Kier alpha value is -0.541. The monoisotopic (exact) mass is 370 g/mol. The van der Waals surface area contributed by atoms with Crippen molar-refractivity contribution in [2.75, 3.05) is 0 Å². The van der Waals surface area contributed by atoms with Gasteiger partial charge in [-0.1, -0.05) is 53.4 Å². The normalized spacial score (nSPS) is 12.4. The van der Waals surface area contributed by atoms with Gasteiger partial charge in [0.1, 0.15) is 0 Å². The molecule has 2 unspecified atom stereocenters. The van der Waals surface area contributed by atoms with Gasteiger partial charge in [0, 0.05) is 0 Å². The number of carboxylic acids is 2. The first kappa shape index (κ1) is 25.4. The molecule has 0 saturated carbocycles. The summed E-state index contributed by atoms with van der Waals surface area (Å²) in [5, 5.41) is 17.2. The van der Waals surface area contributed by atoms with E-state index in [1.54, 1.807) is 0 Å². The van der Waals surface area contributed by atoms with Crippen LogP contribution in [0.3, 0.4) is 0 Å². The summed E-state index contributed by atoms with van der Waals surface area (Å²) in [6.07, 6.45) is 7.43. The maximum atomic E-state index is 10.4. The van der Waals surface area contributed by atoms with Crippen molar-refractivity contribution in [1.82, 2.24) is 0 Å². The van der Waals surface area contributed by atoms with Crippen molar-refractivity contribution in [3.63, 3.8) is 0 Å². The third-order valence-electron chi connectivity index (χ3n) is 3.50. The number of rotatable bonds is 10. The van der Waals surface area contributed by atoms with E-state index in [4.69, 9.17) is 10.2 Å². The van der Waals surface area contributed by atoms with Gasteiger partial charge >= 0.3 is 29.0 Å². The number of hydrogen-bond acceptors (Lipinski definition) is 2. The average Bonchev–Trinajstić information content (AvgIpc) is 2.40. The van der Waals surface area contributed by atoms with Gasteiger partial charge in [-0.3, -0.25) is 9.59 Å². The van der Waals surface area contributed by atoms with Crippen molar-refractivity contribution in [3.8, 4) is 0 Å². The summed E-state index contributed by atoms with van der Waals surface area (Å²) in [6, 6.07) is 0. The molecule has 0 radical (unpaired) electrons. The molecule has 0 aromatic rings. The molecular weight excluding hydrogens is 335 g/mol. The fourth-order valence-electron chi connectivity index (χ4n) is 1.91. The van der Waals surface area contributed by atoms with Crippen LogP contribution in [0.25, 0.3) is 0 Å². The molecule has 2 N–H and O–H groups in total. The summed E-state index contributed by atoms with van der Waals surface area (Å²) in [5.74, 6) is -1.51. The van der Waals surface area contributed by atoms with Gasteiger partial charge in [0.2, 0.25) is 0 Å². The molecule has 0 aromatic heterocycles. The number of unbranched alkanes of at least 4 members (excludes halogenated alkanes) is 2. The Bertz CT molecular complexity index is 231. The van der Waals surface area contributed by atoms with Crippen molar-refractivity contribution in [3.05, 3.63) is 0 Å². The van der Waals surface area contributed by atoms with Crippen molar-refractivity contribution in [1.29, 1.82) is 0 Å². The number of hydrogen-bond donors (Lipinski definition) is 2. The fraction of sp³-hybridized carbons (Fsp3) is 0.875. The van der Waals surface area contributed by atoms with Crippen LogP contribution in [0.5, 0.6) is 0 Å². The molecule has 0 spiro atoms. The summed E-state index contributed by atoms with van der Waals surface area (Å²) in [5.41, 5.74) is 0. The van der Waals surface area contributed by atoms with Crippen molar-refractivity contribution >= 4 is 29.0 Å². The SMILES string of the molecule is CCCCC(CC)C(=O)O.CCCCC(CC)C(=O)O.[SeH2]. The molecule has 0 aliphatic carbocycles. The van der Waals surface area contributed by atoms with E-state index in [0.29, 0.717) is 0 Å². The van der Waals surface area contributed by atoms with Crippen molar-refractivity contribution < 1.29 is 19.8 Å². The zero-order valence-electron chi connectivity index (χ0n) is 14.0. The molecule has 2 atom stereocenters. The number of carbonyl (C=O) groups is 2. The molecule has 0 saturated heterocycles. The molecule has 0 rings (SSSR count). The van der Waals surface area contributed by atoms with Crippen LogP contribution in [-0.2, 0) is 9.59 Å². The second-order valence-electron chi connectivity index (χ2n) is 5.17. The minimum atomic E-state index is -0.643. The molecule has 0 aromatic carbocycles. The second kappa shape index (κ2) is 17.5. The van der Waals surface area contributed by atoms with E-state index in [9.17, 15) is 9.59 Å². The molecule has 0 amide bonds. The molecule has 21 heavy (non-hydrogen) atoms. The number of aliphatic carboxylic acids is 2. The van der Waals surface area contributed by atoms with E-state index in [1.165, 1.54) is 0 Å². The van der Waals surface area contributed by atoms with Gasteiger partial charge in [0.15, 0.2) is 0 Å². The van der Waals surface area contributed by atoms with Crippen molar-refractivity contribution in [2.24, 2.45) is 11.8 Å². The molecular formula is C16H34O4Se. The predicted molar refractivity (Wildman–Crippen MR) is 90.4 cm³/mol. The van der Waals surface area contributed by atoms with Crippen LogP contribution in [0.2, 0.25) is 0 Å². The van der Waals surface area contributed by atoms with Gasteiger partial charge in [0.25, 0.3) is 0 Å². The fourth-order valence-corrected chi connectivity index (χ4v) is 1.91. The molecule has 0 fully saturated rings. The second-order valence-corrected chi connectivity index (χ2v) is 5.17. The van der Waals surface area contributed by atoms with Gasteiger partial charge < -0.3 is 10.2 Å². The summed E-state index contributed by atoms with van der Waals surface area (Å²) in [6.45, 7) is 8.01. The minimum absolute atomic E-state index is 0. The summed E-state index contributed by atoms with van der Waals surface area (Å²) < 4.78 is 0. The van der Waals surface area contributed by atoms with Crippen LogP contribution >= 0.6 is 0 Å².